The molecule has 3 heterocycles. The number of furan rings is 1. The second-order valence-electron chi connectivity index (χ2n) is 12.3. The number of hydrogen-bond acceptors (Lipinski definition) is 5. The summed E-state index contributed by atoms with van der Waals surface area (Å²) in [5.41, 5.74) is 6.31. The van der Waals surface area contributed by atoms with Crippen molar-refractivity contribution in [3.63, 3.8) is 0 Å². The maximum atomic E-state index is 6.19. The largest absolute Gasteiger partial charge is 0.438 e. The molecule has 0 atom stereocenters. The molecule has 0 fully saturated rings. The predicted molar refractivity (Wildman–Crippen MR) is 199 cm³/mol. The zero-order valence-corrected chi connectivity index (χ0v) is 26.2. The van der Waals surface area contributed by atoms with Crippen LogP contribution in [0.1, 0.15) is 0 Å². The Labute approximate surface area is 281 Å². The SMILES string of the molecule is c1ccc2cc(-c3nc(-c4ccc5ccccc5c4)nc(-c4cc(-c5ccnc6oc7ccccc7c56)c5ccccc5c4)n3)ccc2c1. The zero-order valence-electron chi connectivity index (χ0n) is 26.2. The average molecular weight is 627 g/mol. The molecular weight excluding hydrogens is 601 g/mol. The Kier molecular flexibility index (Phi) is 6.11. The van der Waals surface area contributed by atoms with Gasteiger partial charge in [0, 0.05) is 28.3 Å². The molecule has 0 bridgehead atoms. The molecule has 10 aromatic rings. The van der Waals surface area contributed by atoms with Gasteiger partial charge in [0.15, 0.2) is 17.5 Å². The first-order valence-corrected chi connectivity index (χ1v) is 16.3. The summed E-state index contributed by atoms with van der Waals surface area (Å²) in [7, 11) is 0. The van der Waals surface area contributed by atoms with E-state index in [4.69, 9.17) is 19.4 Å². The first-order valence-electron chi connectivity index (χ1n) is 16.3. The summed E-state index contributed by atoms with van der Waals surface area (Å²) in [6.45, 7) is 0. The molecule has 0 amide bonds. The van der Waals surface area contributed by atoms with E-state index in [1.54, 1.807) is 0 Å². The summed E-state index contributed by atoms with van der Waals surface area (Å²) in [6, 6.07) is 52.5. The van der Waals surface area contributed by atoms with Crippen LogP contribution >= 0.6 is 0 Å². The van der Waals surface area contributed by atoms with Gasteiger partial charge in [0.2, 0.25) is 5.71 Å². The van der Waals surface area contributed by atoms with Gasteiger partial charge in [-0.05, 0) is 79.8 Å². The molecule has 10 rings (SSSR count). The Morgan fingerprint density at radius 1 is 0.388 bits per heavy atom. The summed E-state index contributed by atoms with van der Waals surface area (Å²) in [5, 5.41) is 8.86. The number of hydrogen-bond donors (Lipinski definition) is 0. The van der Waals surface area contributed by atoms with Crippen LogP contribution in [0, 0.1) is 0 Å². The lowest BCUT2D eigenvalue weighted by molar-refractivity contribution is 0.654. The first-order chi connectivity index (χ1) is 24.2. The van der Waals surface area contributed by atoms with Gasteiger partial charge in [-0.1, -0.05) is 115 Å². The van der Waals surface area contributed by atoms with Gasteiger partial charge in [-0.2, -0.15) is 0 Å². The summed E-state index contributed by atoms with van der Waals surface area (Å²) in [4.78, 5) is 20.0. The molecule has 49 heavy (non-hydrogen) atoms. The molecule has 7 aromatic carbocycles. The lowest BCUT2D eigenvalue weighted by Crippen LogP contribution is -2.00. The molecule has 0 N–H and O–H groups in total. The number of para-hydroxylation sites is 1. The number of fused-ring (bicyclic) bond motifs is 6. The van der Waals surface area contributed by atoms with E-state index >= 15 is 0 Å². The van der Waals surface area contributed by atoms with E-state index in [9.17, 15) is 0 Å². The highest BCUT2D eigenvalue weighted by atomic mass is 16.3. The second-order valence-corrected chi connectivity index (χ2v) is 12.3. The van der Waals surface area contributed by atoms with E-state index < -0.39 is 0 Å². The van der Waals surface area contributed by atoms with Crippen molar-refractivity contribution in [2.75, 3.05) is 0 Å². The molecule has 0 aliphatic rings. The van der Waals surface area contributed by atoms with Crippen LogP contribution in [-0.4, -0.2) is 19.9 Å². The molecule has 0 aliphatic carbocycles. The summed E-state index contributed by atoms with van der Waals surface area (Å²) >= 11 is 0. The number of nitrogens with zero attached hydrogens (tertiary/aromatic N) is 4. The quantitative estimate of drug-likeness (QED) is 0.194. The van der Waals surface area contributed by atoms with Crippen LogP contribution in [0.25, 0.3) is 99.7 Å². The Morgan fingerprint density at radius 3 is 1.59 bits per heavy atom. The van der Waals surface area contributed by atoms with Crippen molar-refractivity contribution in [1.82, 2.24) is 19.9 Å². The van der Waals surface area contributed by atoms with Crippen molar-refractivity contribution in [3.8, 4) is 45.3 Å². The molecule has 5 nitrogen and oxygen atoms in total. The molecule has 3 aromatic heterocycles. The van der Waals surface area contributed by atoms with Crippen molar-refractivity contribution in [2.45, 2.75) is 0 Å². The lowest BCUT2D eigenvalue weighted by Gasteiger charge is -2.13. The molecular formula is C44H26N4O. The third-order valence-electron chi connectivity index (χ3n) is 9.34. The van der Waals surface area contributed by atoms with Gasteiger partial charge in [-0.15, -0.1) is 0 Å². The number of aromatic nitrogens is 4. The summed E-state index contributed by atoms with van der Waals surface area (Å²) in [5.74, 6) is 1.86. The van der Waals surface area contributed by atoms with E-state index in [0.717, 1.165) is 65.7 Å². The van der Waals surface area contributed by atoms with Gasteiger partial charge in [0.1, 0.15) is 5.58 Å². The van der Waals surface area contributed by atoms with Crippen LogP contribution < -0.4 is 0 Å². The smallest absolute Gasteiger partial charge is 0.227 e. The van der Waals surface area contributed by atoms with E-state index in [1.165, 1.54) is 10.8 Å². The van der Waals surface area contributed by atoms with Crippen molar-refractivity contribution < 1.29 is 4.42 Å². The minimum absolute atomic E-state index is 0.607. The van der Waals surface area contributed by atoms with Gasteiger partial charge in [0.25, 0.3) is 0 Å². The fourth-order valence-electron chi connectivity index (χ4n) is 6.95. The highest BCUT2D eigenvalue weighted by molar-refractivity contribution is 6.14. The zero-order chi connectivity index (χ0) is 32.3. The fourth-order valence-corrected chi connectivity index (χ4v) is 6.95. The number of pyridine rings is 1. The molecule has 0 aliphatic heterocycles. The Hall–Kier alpha value is -6.72. The van der Waals surface area contributed by atoms with E-state index in [0.29, 0.717) is 23.2 Å². The molecule has 0 unspecified atom stereocenters. The molecule has 228 valence electrons. The van der Waals surface area contributed by atoms with Crippen molar-refractivity contribution in [2.24, 2.45) is 0 Å². The maximum absolute atomic E-state index is 6.19. The van der Waals surface area contributed by atoms with Crippen LogP contribution in [-0.2, 0) is 0 Å². The topological polar surface area (TPSA) is 64.7 Å². The van der Waals surface area contributed by atoms with Gasteiger partial charge < -0.3 is 4.42 Å². The lowest BCUT2D eigenvalue weighted by atomic mass is 9.93. The third-order valence-corrected chi connectivity index (χ3v) is 9.34. The van der Waals surface area contributed by atoms with Gasteiger partial charge in [0.05, 0.1) is 5.39 Å². The van der Waals surface area contributed by atoms with Crippen molar-refractivity contribution in [3.05, 3.63) is 158 Å². The Morgan fingerprint density at radius 2 is 0.918 bits per heavy atom. The predicted octanol–water partition coefficient (Wildman–Crippen LogP) is 11.3. The maximum Gasteiger partial charge on any atom is 0.227 e. The van der Waals surface area contributed by atoms with E-state index in [1.807, 2.05) is 24.4 Å². The first kappa shape index (κ1) is 27.4. The second kappa shape index (κ2) is 10.9. The highest BCUT2D eigenvalue weighted by Gasteiger charge is 2.19. The molecule has 0 saturated heterocycles. The van der Waals surface area contributed by atoms with E-state index in [2.05, 4.69) is 138 Å². The molecule has 0 radical (unpaired) electrons. The third kappa shape index (κ3) is 4.63. The molecule has 0 spiro atoms. The summed E-state index contributed by atoms with van der Waals surface area (Å²) in [6.07, 6.45) is 1.82. The Balaban J connectivity index is 1.23. The van der Waals surface area contributed by atoms with Crippen LogP contribution in [0.3, 0.4) is 0 Å². The van der Waals surface area contributed by atoms with Crippen LogP contribution in [0.2, 0.25) is 0 Å². The number of rotatable bonds is 4. The van der Waals surface area contributed by atoms with Gasteiger partial charge in [-0.3, -0.25) is 0 Å². The van der Waals surface area contributed by atoms with Crippen molar-refractivity contribution in [1.29, 1.82) is 0 Å². The number of benzene rings is 7. The average Bonchev–Trinajstić information content (AvgIpc) is 3.56. The van der Waals surface area contributed by atoms with Crippen molar-refractivity contribution >= 4 is 54.4 Å². The summed E-state index contributed by atoms with van der Waals surface area (Å²) < 4.78 is 6.19. The Bertz CT molecular complexity index is 2810. The van der Waals surface area contributed by atoms with E-state index in [-0.39, 0.29) is 0 Å². The fraction of sp³-hybridized carbons (Fsp3) is 0. The standard InChI is InChI=1S/C44H26N4O/c1-3-11-29-23-32(19-17-27(29)9-1)41-46-42(33-20-18-28-10-2-4-12-30(28)24-33)48-43(47-41)34-25-31-13-5-6-14-35(31)38(26-34)36-21-22-45-44-40(36)37-15-7-8-16-39(37)49-44/h1-26H. The molecule has 0 saturated carbocycles. The molecule has 5 heteroatoms. The van der Waals surface area contributed by atoms with Gasteiger partial charge in [-0.25, -0.2) is 19.9 Å². The monoisotopic (exact) mass is 626 g/mol. The van der Waals surface area contributed by atoms with Gasteiger partial charge >= 0.3 is 0 Å². The highest BCUT2D eigenvalue weighted by Crippen LogP contribution is 2.40. The van der Waals surface area contributed by atoms with Crippen LogP contribution in [0.15, 0.2) is 162 Å². The normalized spacial score (nSPS) is 11.7. The van der Waals surface area contributed by atoms with Crippen LogP contribution in [0.4, 0.5) is 0 Å². The minimum atomic E-state index is 0.607. The van der Waals surface area contributed by atoms with Crippen LogP contribution in [0.5, 0.6) is 0 Å². The minimum Gasteiger partial charge on any atom is -0.438 e.